The molecule has 10 heteroatoms. The van der Waals surface area contributed by atoms with Gasteiger partial charge in [0, 0.05) is 11.8 Å². The summed E-state index contributed by atoms with van der Waals surface area (Å²) in [5.41, 5.74) is 7.17. The van der Waals surface area contributed by atoms with Crippen LogP contribution in [0.3, 0.4) is 0 Å². The molecule has 0 bridgehead atoms. The highest BCUT2D eigenvalue weighted by Gasteiger charge is 2.35. The average molecular weight is 432 g/mol. The Morgan fingerprint density at radius 2 is 2.00 bits per heavy atom. The van der Waals surface area contributed by atoms with Crippen molar-refractivity contribution in [3.63, 3.8) is 0 Å². The molecule has 3 aromatic rings. The van der Waals surface area contributed by atoms with E-state index in [4.69, 9.17) is 17.3 Å². The van der Waals surface area contributed by atoms with Crippen molar-refractivity contribution >= 4 is 62.6 Å². The van der Waals surface area contributed by atoms with Crippen LogP contribution in [0.1, 0.15) is 6.42 Å². The molecule has 4 rings (SSSR count). The summed E-state index contributed by atoms with van der Waals surface area (Å²) < 4.78 is 0.674. The molecular formula is C18H14ClN5O2S2. The van der Waals surface area contributed by atoms with E-state index in [0.717, 1.165) is 10.6 Å². The molecule has 1 atom stereocenters. The zero-order valence-electron chi connectivity index (χ0n) is 14.3. The number of carbonyl (C=O) groups is 2. The number of primary amides is 1. The van der Waals surface area contributed by atoms with Gasteiger partial charge in [0.1, 0.15) is 11.8 Å². The lowest BCUT2D eigenvalue weighted by molar-refractivity contribution is -0.119. The minimum atomic E-state index is -0.705. The van der Waals surface area contributed by atoms with Gasteiger partial charge in [0.15, 0.2) is 5.13 Å². The number of hydrazone groups is 1. The Hall–Kier alpha value is -2.75. The summed E-state index contributed by atoms with van der Waals surface area (Å²) in [5.74, 6) is -0.948. The van der Waals surface area contributed by atoms with Gasteiger partial charge in [0.05, 0.1) is 20.6 Å². The van der Waals surface area contributed by atoms with Crippen molar-refractivity contribution in [2.45, 2.75) is 12.5 Å². The molecule has 1 aliphatic heterocycles. The summed E-state index contributed by atoms with van der Waals surface area (Å²) in [7, 11) is 0. The zero-order valence-corrected chi connectivity index (χ0v) is 16.7. The van der Waals surface area contributed by atoms with Crippen LogP contribution < -0.4 is 16.1 Å². The third-order valence-corrected chi connectivity index (χ3v) is 6.08. The predicted molar refractivity (Wildman–Crippen MR) is 113 cm³/mol. The molecule has 0 saturated heterocycles. The largest absolute Gasteiger partial charge is 0.368 e. The second kappa shape index (κ2) is 7.70. The molecule has 1 unspecified atom stereocenters. The van der Waals surface area contributed by atoms with Gasteiger partial charge in [-0.15, -0.1) is 22.7 Å². The smallest absolute Gasteiger partial charge is 0.273 e. The molecular weight excluding hydrogens is 418 g/mol. The summed E-state index contributed by atoms with van der Waals surface area (Å²) in [5, 5.41) is 10.8. The number of hydrogen-bond acceptors (Lipinski definition) is 7. The number of carbonyl (C=O) groups excluding carboxylic acids is 2. The summed E-state index contributed by atoms with van der Waals surface area (Å²) in [4.78, 5) is 29.8. The minimum absolute atomic E-state index is 0.134. The maximum absolute atomic E-state index is 12.6. The number of amides is 2. The fraction of sp³-hybridized carbons (Fsp3) is 0.111. The van der Waals surface area contributed by atoms with E-state index in [2.05, 4.69) is 15.4 Å². The van der Waals surface area contributed by atoms with Crippen LogP contribution in [0.25, 0.3) is 10.6 Å². The van der Waals surface area contributed by atoms with Crippen LogP contribution in [0.4, 0.5) is 10.8 Å². The Morgan fingerprint density at radius 1 is 1.21 bits per heavy atom. The average Bonchev–Trinajstić information content (AvgIpc) is 3.41. The number of nitrogens with zero attached hydrogens (tertiary/aromatic N) is 3. The number of anilines is 2. The zero-order chi connectivity index (χ0) is 19.7. The molecule has 142 valence electrons. The number of benzene rings is 1. The Balaban J connectivity index is 1.52. The van der Waals surface area contributed by atoms with Crippen LogP contribution in [0.15, 0.2) is 52.9 Å². The lowest BCUT2D eigenvalue weighted by atomic mass is 10.1. The molecule has 3 N–H and O–H groups in total. The summed E-state index contributed by atoms with van der Waals surface area (Å²) in [6.07, 6.45) is 0.134. The van der Waals surface area contributed by atoms with Gasteiger partial charge in [-0.2, -0.15) is 5.10 Å². The number of rotatable bonds is 5. The molecule has 0 spiro atoms. The standard InChI is InChI=1S/C18H14ClN5O2S2/c19-15-7-6-14(28-15)12-9-27-18(21-12)22-17(26)11-8-13(16(20)25)24(23-11)10-4-2-1-3-5-10/h1-7,9,13H,8H2,(H2,20,25)(H,21,22,26). The second-order valence-electron chi connectivity index (χ2n) is 5.94. The lowest BCUT2D eigenvalue weighted by Gasteiger charge is -2.20. The summed E-state index contributed by atoms with van der Waals surface area (Å²) >= 11 is 8.68. The molecule has 2 amide bonds. The monoisotopic (exact) mass is 431 g/mol. The van der Waals surface area contributed by atoms with E-state index in [-0.39, 0.29) is 12.1 Å². The van der Waals surface area contributed by atoms with Gasteiger partial charge in [-0.3, -0.25) is 19.9 Å². The molecule has 1 aliphatic rings. The van der Waals surface area contributed by atoms with Crippen molar-refractivity contribution in [3.05, 3.63) is 52.2 Å². The summed E-state index contributed by atoms with van der Waals surface area (Å²) in [6.45, 7) is 0. The number of nitrogens with two attached hydrogens (primary N) is 1. The second-order valence-corrected chi connectivity index (χ2v) is 8.52. The molecule has 1 aromatic carbocycles. The van der Waals surface area contributed by atoms with Crippen molar-refractivity contribution < 1.29 is 9.59 Å². The molecule has 0 radical (unpaired) electrons. The first-order valence-corrected chi connectivity index (χ1v) is 10.3. The van der Waals surface area contributed by atoms with Gasteiger partial charge < -0.3 is 5.73 Å². The maximum atomic E-state index is 12.6. The fourth-order valence-corrected chi connectivity index (χ4v) is 4.54. The number of halogens is 1. The topological polar surface area (TPSA) is 101 Å². The third-order valence-electron chi connectivity index (χ3n) is 4.07. The Bertz CT molecular complexity index is 1060. The molecule has 3 heterocycles. The van der Waals surface area contributed by atoms with Crippen molar-refractivity contribution in [1.29, 1.82) is 0 Å². The van der Waals surface area contributed by atoms with Crippen LogP contribution in [-0.4, -0.2) is 28.6 Å². The third kappa shape index (κ3) is 3.77. The van der Waals surface area contributed by atoms with E-state index >= 15 is 0 Å². The normalized spacial score (nSPS) is 16.1. The van der Waals surface area contributed by atoms with E-state index in [1.165, 1.54) is 27.7 Å². The predicted octanol–water partition coefficient (Wildman–Crippen LogP) is 3.58. The van der Waals surface area contributed by atoms with Crippen LogP contribution in [0, 0.1) is 0 Å². The quantitative estimate of drug-likeness (QED) is 0.644. The molecule has 2 aromatic heterocycles. The van der Waals surface area contributed by atoms with Gasteiger partial charge in [0.2, 0.25) is 5.91 Å². The van der Waals surface area contributed by atoms with E-state index in [0.29, 0.717) is 15.2 Å². The number of thiazole rings is 1. The highest BCUT2D eigenvalue weighted by molar-refractivity contribution is 7.20. The van der Waals surface area contributed by atoms with Gasteiger partial charge in [-0.05, 0) is 24.3 Å². The van der Waals surface area contributed by atoms with Gasteiger partial charge >= 0.3 is 0 Å². The molecule has 0 saturated carbocycles. The first-order chi connectivity index (χ1) is 13.5. The SMILES string of the molecule is NC(=O)C1CC(C(=O)Nc2nc(-c3ccc(Cl)s3)cs2)=NN1c1ccccc1. The molecule has 7 nitrogen and oxygen atoms in total. The van der Waals surface area contributed by atoms with E-state index in [1.807, 2.05) is 29.6 Å². The molecule has 0 fully saturated rings. The number of hydrogen-bond donors (Lipinski definition) is 2. The van der Waals surface area contributed by atoms with Crippen LogP contribution in [-0.2, 0) is 9.59 Å². The van der Waals surface area contributed by atoms with Crippen LogP contribution in [0.2, 0.25) is 4.34 Å². The van der Waals surface area contributed by atoms with Crippen molar-refractivity contribution in [1.82, 2.24) is 4.98 Å². The van der Waals surface area contributed by atoms with E-state index in [9.17, 15) is 9.59 Å². The van der Waals surface area contributed by atoms with E-state index < -0.39 is 17.9 Å². The molecule has 0 aliphatic carbocycles. The van der Waals surface area contributed by atoms with Crippen molar-refractivity contribution in [2.24, 2.45) is 10.8 Å². The number of thiophene rings is 1. The van der Waals surface area contributed by atoms with Crippen LogP contribution >= 0.6 is 34.3 Å². The Labute approximate surface area is 173 Å². The Morgan fingerprint density at radius 3 is 2.68 bits per heavy atom. The van der Waals surface area contributed by atoms with Crippen molar-refractivity contribution in [2.75, 3.05) is 10.3 Å². The van der Waals surface area contributed by atoms with Crippen LogP contribution in [0.5, 0.6) is 0 Å². The van der Waals surface area contributed by atoms with Gasteiger partial charge in [0.25, 0.3) is 5.91 Å². The van der Waals surface area contributed by atoms with Gasteiger partial charge in [-0.1, -0.05) is 29.8 Å². The first kappa shape index (κ1) is 18.6. The van der Waals surface area contributed by atoms with E-state index in [1.54, 1.807) is 18.2 Å². The molecule has 28 heavy (non-hydrogen) atoms. The minimum Gasteiger partial charge on any atom is -0.368 e. The maximum Gasteiger partial charge on any atom is 0.273 e. The number of aromatic nitrogens is 1. The number of nitrogens with one attached hydrogen (secondary N) is 1. The highest BCUT2D eigenvalue weighted by Crippen LogP contribution is 2.33. The summed E-state index contributed by atoms with van der Waals surface area (Å²) in [6, 6.07) is 12.1. The highest BCUT2D eigenvalue weighted by atomic mass is 35.5. The lowest BCUT2D eigenvalue weighted by Crippen LogP contribution is -2.39. The Kier molecular flexibility index (Phi) is 5.12. The van der Waals surface area contributed by atoms with Gasteiger partial charge in [-0.25, -0.2) is 4.98 Å². The fourth-order valence-electron chi connectivity index (χ4n) is 2.75. The van der Waals surface area contributed by atoms with Crippen molar-refractivity contribution in [3.8, 4) is 10.6 Å². The first-order valence-electron chi connectivity index (χ1n) is 8.25. The number of para-hydroxylation sites is 1.